The van der Waals surface area contributed by atoms with E-state index in [1.165, 1.54) is 12.0 Å². The van der Waals surface area contributed by atoms with E-state index < -0.39 is 0 Å². The first-order chi connectivity index (χ1) is 5.86. The van der Waals surface area contributed by atoms with Crippen LogP contribution in [0, 0.1) is 0 Å². The number of pyridine rings is 1. The van der Waals surface area contributed by atoms with Gasteiger partial charge in [0.25, 0.3) is 0 Å². The average molecular weight is 183 g/mol. The van der Waals surface area contributed by atoms with E-state index in [4.69, 9.17) is 11.6 Å². The van der Waals surface area contributed by atoms with E-state index in [9.17, 15) is 0 Å². The highest BCUT2D eigenvalue weighted by atomic mass is 35.5. The van der Waals surface area contributed by atoms with Crippen LogP contribution in [0.3, 0.4) is 0 Å². The first-order valence-corrected chi connectivity index (χ1v) is 4.59. The summed E-state index contributed by atoms with van der Waals surface area (Å²) in [6, 6.07) is 3.95. The second-order valence-corrected chi connectivity index (χ2v) is 3.41. The first kappa shape index (κ1) is 8.02. The van der Waals surface area contributed by atoms with E-state index in [1.54, 1.807) is 0 Å². The third-order valence-corrected chi connectivity index (χ3v) is 2.34. The van der Waals surface area contributed by atoms with Gasteiger partial charge in [-0.3, -0.25) is 0 Å². The van der Waals surface area contributed by atoms with Crippen LogP contribution in [-0.4, -0.2) is 11.5 Å². The fourth-order valence-electron chi connectivity index (χ4n) is 1.49. The molecule has 2 heterocycles. The van der Waals surface area contributed by atoms with Crippen molar-refractivity contribution in [2.24, 2.45) is 0 Å². The zero-order valence-corrected chi connectivity index (χ0v) is 7.56. The fraction of sp³-hybridized carbons (Fsp3) is 0.444. The van der Waals surface area contributed by atoms with Gasteiger partial charge < -0.3 is 5.32 Å². The number of hydrogen-bond donors (Lipinski definition) is 1. The molecule has 0 bridgehead atoms. The van der Waals surface area contributed by atoms with Gasteiger partial charge in [0.15, 0.2) is 0 Å². The summed E-state index contributed by atoms with van der Waals surface area (Å²) < 4.78 is 0. The van der Waals surface area contributed by atoms with Gasteiger partial charge in [-0.25, -0.2) is 4.98 Å². The zero-order chi connectivity index (χ0) is 8.39. The van der Waals surface area contributed by atoms with Gasteiger partial charge in [0.05, 0.1) is 5.69 Å². The van der Waals surface area contributed by atoms with Crippen LogP contribution in [0.1, 0.15) is 17.7 Å². The van der Waals surface area contributed by atoms with Crippen LogP contribution in [0.25, 0.3) is 0 Å². The van der Waals surface area contributed by atoms with Crippen LogP contribution in [-0.2, 0) is 13.0 Å². The van der Waals surface area contributed by atoms with E-state index in [1.807, 2.05) is 6.07 Å². The maximum atomic E-state index is 5.79. The van der Waals surface area contributed by atoms with Crippen molar-refractivity contribution in [1.82, 2.24) is 10.3 Å². The summed E-state index contributed by atoms with van der Waals surface area (Å²) in [7, 11) is 0. The van der Waals surface area contributed by atoms with Gasteiger partial charge in [-0.1, -0.05) is 17.7 Å². The van der Waals surface area contributed by atoms with Gasteiger partial charge in [-0.2, -0.15) is 0 Å². The summed E-state index contributed by atoms with van der Waals surface area (Å²) >= 11 is 5.79. The molecular formula is C9H11ClN2. The maximum absolute atomic E-state index is 5.79. The molecule has 3 heteroatoms. The molecule has 0 fully saturated rings. The molecule has 0 saturated carbocycles. The predicted molar refractivity (Wildman–Crippen MR) is 49.3 cm³/mol. The van der Waals surface area contributed by atoms with Crippen LogP contribution in [0.4, 0.5) is 0 Å². The van der Waals surface area contributed by atoms with Gasteiger partial charge in [0.2, 0.25) is 0 Å². The van der Waals surface area contributed by atoms with E-state index in [2.05, 4.69) is 16.4 Å². The van der Waals surface area contributed by atoms with E-state index in [0.29, 0.717) is 5.15 Å². The van der Waals surface area contributed by atoms with Gasteiger partial charge in [-0.05, 0) is 31.0 Å². The van der Waals surface area contributed by atoms with Gasteiger partial charge in [-0.15, -0.1) is 0 Å². The third kappa shape index (κ3) is 1.59. The quantitative estimate of drug-likeness (QED) is 0.619. The molecule has 2 nitrogen and oxygen atoms in total. The molecule has 2 rings (SSSR count). The van der Waals surface area contributed by atoms with Crippen LogP contribution < -0.4 is 5.32 Å². The molecule has 0 unspecified atom stereocenters. The number of halogens is 1. The van der Waals surface area contributed by atoms with Crippen molar-refractivity contribution < 1.29 is 0 Å². The van der Waals surface area contributed by atoms with Crippen molar-refractivity contribution in [3.8, 4) is 0 Å². The summed E-state index contributed by atoms with van der Waals surface area (Å²) in [6.45, 7) is 1.93. The Balaban J connectivity index is 2.36. The highest BCUT2D eigenvalue weighted by Gasteiger charge is 2.07. The minimum atomic E-state index is 0.595. The van der Waals surface area contributed by atoms with E-state index in [-0.39, 0.29) is 0 Å². The first-order valence-electron chi connectivity index (χ1n) is 4.21. The molecule has 1 aliphatic heterocycles. The Kier molecular flexibility index (Phi) is 2.28. The Morgan fingerprint density at radius 2 is 2.33 bits per heavy atom. The molecule has 0 amide bonds. The molecule has 12 heavy (non-hydrogen) atoms. The molecule has 1 N–H and O–H groups in total. The molecule has 0 spiro atoms. The summed E-state index contributed by atoms with van der Waals surface area (Å²) in [5.41, 5.74) is 2.45. The fourth-order valence-corrected chi connectivity index (χ4v) is 1.66. The summed E-state index contributed by atoms with van der Waals surface area (Å²) in [4.78, 5) is 4.28. The molecule has 1 aliphatic rings. The number of nitrogens with one attached hydrogen (secondary N) is 1. The lowest BCUT2D eigenvalue weighted by Crippen LogP contribution is -2.12. The molecule has 0 atom stereocenters. The minimum absolute atomic E-state index is 0.595. The van der Waals surface area contributed by atoms with Crippen molar-refractivity contribution in [3.05, 3.63) is 28.5 Å². The Bertz CT molecular complexity index is 286. The number of nitrogens with zero attached hydrogens (tertiary/aromatic N) is 1. The highest BCUT2D eigenvalue weighted by Crippen LogP contribution is 2.15. The molecule has 0 radical (unpaired) electrons. The summed E-state index contributed by atoms with van der Waals surface area (Å²) in [5.74, 6) is 0. The Hall–Kier alpha value is -0.600. The largest absolute Gasteiger partial charge is 0.311 e. The Morgan fingerprint density at radius 1 is 1.42 bits per heavy atom. The van der Waals surface area contributed by atoms with Gasteiger partial charge in [0, 0.05) is 6.54 Å². The lowest BCUT2D eigenvalue weighted by molar-refractivity contribution is 0.674. The maximum Gasteiger partial charge on any atom is 0.129 e. The predicted octanol–water partition coefficient (Wildman–Crippen LogP) is 1.77. The monoisotopic (exact) mass is 182 g/mol. The molecule has 64 valence electrons. The Labute approximate surface area is 77.0 Å². The van der Waals surface area contributed by atoms with Crippen LogP contribution >= 0.6 is 11.6 Å². The molecule has 0 saturated heterocycles. The number of fused-ring (bicyclic) bond motifs is 1. The van der Waals surface area contributed by atoms with Crippen LogP contribution in [0.15, 0.2) is 12.1 Å². The normalized spacial score (nSPS) is 16.8. The van der Waals surface area contributed by atoms with E-state index in [0.717, 1.165) is 25.2 Å². The van der Waals surface area contributed by atoms with Crippen molar-refractivity contribution in [3.63, 3.8) is 0 Å². The van der Waals surface area contributed by atoms with Crippen molar-refractivity contribution in [2.75, 3.05) is 6.54 Å². The standard InChI is InChI=1S/C9H11ClN2/c10-9-4-3-7-2-1-5-11-6-8(7)12-9/h3-4,11H,1-2,5-6H2. The number of aromatic nitrogens is 1. The van der Waals surface area contributed by atoms with E-state index >= 15 is 0 Å². The highest BCUT2D eigenvalue weighted by molar-refractivity contribution is 6.29. The molecule has 1 aromatic rings. The average Bonchev–Trinajstić information content (AvgIpc) is 2.28. The molecule has 0 aromatic carbocycles. The van der Waals surface area contributed by atoms with Crippen molar-refractivity contribution in [1.29, 1.82) is 0 Å². The van der Waals surface area contributed by atoms with Gasteiger partial charge in [0.1, 0.15) is 5.15 Å². The molecule has 0 aliphatic carbocycles. The Morgan fingerprint density at radius 3 is 3.25 bits per heavy atom. The third-order valence-electron chi connectivity index (χ3n) is 2.13. The number of hydrogen-bond acceptors (Lipinski definition) is 2. The minimum Gasteiger partial charge on any atom is -0.311 e. The second kappa shape index (κ2) is 3.42. The summed E-state index contributed by atoms with van der Waals surface area (Å²) in [5, 5.41) is 3.90. The lowest BCUT2D eigenvalue weighted by atomic mass is 10.1. The number of aryl methyl sites for hydroxylation is 1. The zero-order valence-electron chi connectivity index (χ0n) is 6.81. The lowest BCUT2D eigenvalue weighted by Gasteiger charge is -2.03. The second-order valence-electron chi connectivity index (χ2n) is 3.02. The summed E-state index contributed by atoms with van der Waals surface area (Å²) in [6.07, 6.45) is 2.31. The van der Waals surface area contributed by atoms with Gasteiger partial charge >= 0.3 is 0 Å². The SMILES string of the molecule is Clc1ccc2c(n1)CNCCC2. The van der Waals surface area contributed by atoms with Crippen molar-refractivity contribution >= 4 is 11.6 Å². The molecular weight excluding hydrogens is 172 g/mol. The van der Waals surface area contributed by atoms with Crippen molar-refractivity contribution in [2.45, 2.75) is 19.4 Å². The topological polar surface area (TPSA) is 24.9 Å². The number of rotatable bonds is 0. The molecule has 1 aromatic heterocycles. The van der Waals surface area contributed by atoms with Crippen LogP contribution in [0.5, 0.6) is 0 Å². The smallest absolute Gasteiger partial charge is 0.129 e. The van der Waals surface area contributed by atoms with Crippen LogP contribution in [0.2, 0.25) is 5.15 Å².